The zero-order valence-electron chi connectivity index (χ0n) is 22.2. The molecule has 7 nitrogen and oxygen atoms in total. The third kappa shape index (κ3) is 7.51. The topological polar surface area (TPSA) is 99.1 Å². The minimum Gasteiger partial charge on any atom is -0.616 e. The van der Waals surface area contributed by atoms with E-state index in [-0.39, 0.29) is 22.4 Å². The molecule has 5 atom stereocenters. The Labute approximate surface area is 236 Å². The first-order valence-corrected chi connectivity index (χ1v) is 16.5. The van der Waals surface area contributed by atoms with Gasteiger partial charge in [-0.3, -0.25) is 4.79 Å². The number of β-lactam (4-membered cyclic amide) rings is 1. The lowest BCUT2D eigenvalue weighted by Gasteiger charge is -2.42. The summed E-state index contributed by atoms with van der Waals surface area (Å²) in [4.78, 5) is 24.3. The van der Waals surface area contributed by atoms with Gasteiger partial charge in [-0.1, -0.05) is 65.8 Å². The van der Waals surface area contributed by atoms with Crippen LogP contribution < -0.4 is 9.47 Å². The quantitative estimate of drug-likeness (QED) is 0.141. The number of thioether (sulfide) groups is 1. The van der Waals surface area contributed by atoms with Crippen molar-refractivity contribution in [2.75, 3.05) is 17.9 Å². The van der Waals surface area contributed by atoms with E-state index in [0.717, 1.165) is 30.1 Å². The lowest BCUT2D eigenvalue weighted by atomic mass is 9.93. The zero-order chi connectivity index (χ0) is 27.2. The number of hydrogen-bond acceptors (Lipinski definition) is 6. The van der Waals surface area contributed by atoms with Crippen molar-refractivity contribution in [2.24, 2.45) is 5.92 Å². The number of carbonyl (C=O) groups excluding carboxylic acids is 1. The molecule has 2 saturated heterocycles. The highest BCUT2D eigenvalue weighted by atomic mass is 79.9. The van der Waals surface area contributed by atoms with Crippen LogP contribution in [0.3, 0.4) is 0 Å². The molecule has 10 heteroatoms. The number of alkyl halides is 1. The number of carboxylic acid groups (broad SMARTS) is 1. The predicted octanol–water partition coefficient (Wildman–Crippen LogP) is 5.60. The Bertz CT molecular complexity index is 932. The van der Waals surface area contributed by atoms with Gasteiger partial charge in [0, 0.05) is 16.5 Å². The Kier molecular flexibility index (Phi) is 11.4. The van der Waals surface area contributed by atoms with Crippen LogP contribution in [-0.2, 0) is 27.2 Å². The molecule has 1 N–H and O–H groups in total. The molecule has 37 heavy (non-hydrogen) atoms. The summed E-state index contributed by atoms with van der Waals surface area (Å²) < 4.78 is 22.6. The Morgan fingerprint density at radius 2 is 1.92 bits per heavy atom. The maximum absolute atomic E-state index is 12.3. The van der Waals surface area contributed by atoms with Crippen molar-refractivity contribution >= 4 is 50.7 Å². The van der Waals surface area contributed by atoms with Crippen molar-refractivity contribution < 1.29 is 28.7 Å². The monoisotopic (exact) mass is 617 g/mol. The normalized spacial score (nSPS) is 24.5. The van der Waals surface area contributed by atoms with Crippen molar-refractivity contribution in [1.29, 1.82) is 0 Å². The number of nitrogens with zero attached hydrogens (tertiary/aromatic N) is 1. The molecule has 2 fully saturated rings. The average Bonchev–Trinajstić information content (AvgIpc) is 3.41. The number of carboxylic acids is 1. The van der Waals surface area contributed by atoms with Gasteiger partial charge in [0.15, 0.2) is 11.5 Å². The van der Waals surface area contributed by atoms with Gasteiger partial charge in [0.2, 0.25) is 12.7 Å². The fourth-order valence-electron chi connectivity index (χ4n) is 4.95. The number of fused-ring (bicyclic) bond motifs is 2. The van der Waals surface area contributed by atoms with E-state index in [1.807, 2.05) is 32.0 Å². The molecule has 0 saturated carbocycles. The van der Waals surface area contributed by atoms with E-state index >= 15 is 0 Å². The molecule has 0 bridgehead atoms. The van der Waals surface area contributed by atoms with Gasteiger partial charge in [0.25, 0.3) is 0 Å². The van der Waals surface area contributed by atoms with E-state index in [2.05, 4.69) is 29.8 Å². The predicted molar refractivity (Wildman–Crippen MR) is 153 cm³/mol. The van der Waals surface area contributed by atoms with E-state index in [1.54, 1.807) is 11.8 Å². The summed E-state index contributed by atoms with van der Waals surface area (Å²) >= 11 is 4.13. The summed E-state index contributed by atoms with van der Waals surface area (Å²) in [6.07, 6.45) is 8.32. The van der Waals surface area contributed by atoms with Crippen molar-refractivity contribution in [3.05, 3.63) is 23.8 Å². The zero-order valence-corrected chi connectivity index (χ0v) is 25.5. The first kappa shape index (κ1) is 30.4. The third-order valence-corrected chi connectivity index (χ3v) is 11.1. The number of amides is 1. The summed E-state index contributed by atoms with van der Waals surface area (Å²) in [6, 6.07) is 5.32. The van der Waals surface area contributed by atoms with Crippen LogP contribution in [0.2, 0.25) is 0 Å². The highest BCUT2D eigenvalue weighted by molar-refractivity contribution is 9.09. The van der Waals surface area contributed by atoms with E-state index in [4.69, 9.17) is 14.6 Å². The second kappa shape index (κ2) is 13.8. The van der Waals surface area contributed by atoms with Crippen LogP contribution >= 0.6 is 27.7 Å². The van der Waals surface area contributed by atoms with Crippen molar-refractivity contribution in [1.82, 2.24) is 4.90 Å². The first-order valence-electron chi connectivity index (χ1n) is 13.1. The minimum atomic E-state index is -0.906. The lowest BCUT2D eigenvalue weighted by molar-refractivity contribution is -0.162. The number of benzene rings is 1. The lowest BCUT2D eigenvalue weighted by Crippen LogP contribution is -2.63. The molecule has 2 unspecified atom stereocenters. The van der Waals surface area contributed by atoms with Gasteiger partial charge in [-0.2, -0.15) is 0 Å². The molecule has 4 rings (SSSR count). The van der Waals surface area contributed by atoms with Gasteiger partial charge in [-0.25, -0.2) is 4.79 Å². The summed E-state index contributed by atoms with van der Waals surface area (Å²) in [5.74, 6) is 1.45. The van der Waals surface area contributed by atoms with E-state index < -0.39 is 27.9 Å². The fourth-order valence-corrected chi connectivity index (χ4v) is 8.78. The molecule has 0 spiro atoms. The Morgan fingerprint density at radius 3 is 2.59 bits per heavy atom. The van der Waals surface area contributed by atoms with Crippen LogP contribution in [-0.4, -0.2) is 65.7 Å². The standard InChI is InChI=1S/C18H28O3S.C9H12BrNO3S/c1-3-4-5-6-7-8-11-22(19)15(2)12-16-9-10-17-18(13-16)21-14-20-17;1-9(2)5(8(13)14)11-6(12)4(3-10)7(11)15-9/h9-10,13,15H,3-8,11-12,14H2,1-2H3;4-5,7H,3H2,1-2H3,(H,13,14)/t;4-,5+,7-/m.1/s1. The molecule has 0 radical (unpaired) electrons. The summed E-state index contributed by atoms with van der Waals surface area (Å²) in [7, 11) is 0. The Balaban J connectivity index is 0.000000220. The molecule has 0 aromatic heterocycles. The fraction of sp³-hybridized carbons (Fsp3) is 0.704. The van der Waals surface area contributed by atoms with Crippen LogP contribution in [0.15, 0.2) is 18.2 Å². The number of halogens is 1. The number of aliphatic carboxylic acids is 1. The first-order chi connectivity index (χ1) is 17.6. The van der Waals surface area contributed by atoms with E-state index in [9.17, 15) is 14.1 Å². The second-order valence-electron chi connectivity index (χ2n) is 10.4. The summed E-state index contributed by atoms with van der Waals surface area (Å²) in [5.41, 5.74) is 1.17. The van der Waals surface area contributed by atoms with Gasteiger partial charge in [-0.15, -0.1) is 11.8 Å². The van der Waals surface area contributed by atoms with Crippen LogP contribution in [0.1, 0.15) is 71.8 Å². The molecule has 1 aromatic carbocycles. The Morgan fingerprint density at radius 1 is 1.24 bits per heavy atom. The van der Waals surface area contributed by atoms with Crippen molar-refractivity contribution in [3.8, 4) is 11.5 Å². The van der Waals surface area contributed by atoms with Gasteiger partial charge in [0.1, 0.15) is 17.0 Å². The molecular formula is C27H40BrNO6S2. The number of carbonyl (C=O) groups is 2. The van der Waals surface area contributed by atoms with Gasteiger partial charge >= 0.3 is 5.97 Å². The average molecular weight is 619 g/mol. The number of rotatable bonds is 12. The summed E-state index contributed by atoms with van der Waals surface area (Å²) in [6.45, 7) is 8.38. The molecule has 208 valence electrons. The van der Waals surface area contributed by atoms with Gasteiger partial charge in [-0.05, 0) is 51.3 Å². The van der Waals surface area contributed by atoms with Gasteiger partial charge < -0.3 is 24.0 Å². The SMILES string of the molecule is CC1(C)S[C@@H]2[C@H](CBr)C(=O)N2[C@H]1C(=O)O.CCCCCCCC[S+]([O-])C(C)Cc1ccc2c(c1)OCO2. The molecule has 3 heterocycles. The molecule has 3 aliphatic rings. The third-order valence-electron chi connectivity index (χ3n) is 7.06. The highest BCUT2D eigenvalue weighted by Crippen LogP contribution is 2.53. The van der Waals surface area contributed by atoms with Gasteiger partial charge in [0.05, 0.1) is 11.3 Å². The van der Waals surface area contributed by atoms with E-state index in [1.165, 1.54) is 42.6 Å². The van der Waals surface area contributed by atoms with Crippen LogP contribution in [0, 0.1) is 5.92 Å². The second-order valence-corrected chi connectivity index (χ2v) is 14.8. The molecule has 1 aromatic rings. The smallest absolute Gasteiger partial charge is 0.327 e. The molecule has 1 amide bonds. The maximum atomic E-state index is 12.3. The summed E-state index contributed by atoms with van der Waals surface area (Å²) in [5, 5.41) is 9.97. The van der Waals surface area contributed by atoms with Crippen LogP contribution in [0.4, 0.5) is 0 Å². The van der Waals surface area contributed by atoms with Crippen LogP contribution in [0.5, 0.6) is 11.5 Å². The number of ether oxygens (including phenoxy) is 2. The van der Waals surface area contributed by atoms with Crippen molar-refractivity contribution in [3.63, 3.8) is 0 Å². The largest absolute Gasteiger partial charge is 0.616 e. The number of unbranched alkanes of at least 4 members (excludes halogenated alkanes) is 5. The Hall–Kier alpha value is -1.10. The molecule has 0 aliphatic carbocycles. The van der Waals surface area contributed by atoms with E-state index in [0.29, 0.717) is 12.1 Å². The van der Waals surface area contributed by atoms with Crippen molar-refractivity contribution in [2.45, 2.75) is 94.1 Å². The number of hydrogen-bond donors (Lipinski definition) is 1. The van der Waals surface area contributed by atoms with Crippen LogP contribution in [0.25, 0.3) is 0 Å². The minimum absolute atomic E-state index is 0.0352. The molecule has 3 aliphatic heterocycles. The maximum Gasteiger partial charge on any atom is 0.327 e. The highest BCUT2D eigenvalue weighted by Gasteiger charge is 2.63. The molecular weight excluding hydrogens is 578 g/mol.